The highest BCUT2D eigenvalue weighted by atomic mass is 32.2. The second-order valence-corrected chi connectivity index (χ2v) is 6.53. The van der Waals surface area contributed by atoms with Crippen molar-refractivity contribution in [2.45, 2.75) is 18.5 Å². The monoisotopic (exact) mass is 358 g/mol. The lowest BCUT2D eigenvalue weighted by atomic mass is 9.99. The molecule has 2 rings (SSSR count). The van der Waals surface area contributed by atoms with Crippen molar-refractivity contribution in [1.82, 2.24) is 10.6 Å². The summed E-state index contributed by atoms with van der Waals surface area (Å²) in [6.07, 6.45) is 2.28. The average Bonchev–Trinajstić information content (AvgIpc) is 2.64. The molecule has 6 heteroatoms. The van der Waals surface area contributed by atoms with Crippen molar-refractivity contribution in [3.8, 4) is 0 Å². The smallest absolute Gasteiger partial charge is 0.326 e. The highest BCUT2D eigenvalue weighted by molar-refractivity contribution is 7.98. The summed E-state index contributed by atoms with van der Waals surface area (Å²) in [5.74, 6) is -0.363. The Hall–Kier alpha value is -2.47. The van der Waals surface area contributed by atoms with Crippen LogP contribution in [0.4, 0.5) is 4.79 Å². The van der Waals surface area contributed by atoms with E-state index in [1.165, 1.54) is 0 Å². The molecule has 0 saturated heterocycles. The largest absolute Gasteiger partial charge is 0.480 e. The normalized spacial score (nSPS) is 11.8. The Morgan fingerprint density at radius 1 is 0.960 bits per heavy atom. The number of benzene rings is 2. The second-order valence-electron chi connectivity index (χ2n) is 5.54. The first kappa shape index (κ1) is 18.9. The van der Waals surface area contributed by atoms with E-state index in [4.69, 9.17) is 0 Å². The summed E-state index contributed by atoms with van der Waals surface area (Å²) >= 11 is 1.55. The van der Waals surface area contributed by atoms with Gasteiger partial charge >= 0.3 is 12.0 Å². The van der Waals surface area contributed by atoms with Crippen molar-refractivity contribution in [2.24, 2.45) is 0 Å². The third kappa shape index (κ3) is 5.83. The Balaban J connectivity index is 2.13. The van der Waals surface area contributed by atoms with Gasteiger partial charge in [0.2, 0.25) is 0 Å². The van der Waals surface area contributed by atoms with Crippen molar-refractivity contribution >= 4 is 23.8 Å². The van der Waals surface area contributed by atoms with E-state index in [0.29, 0.717) is 12.2 Å². The van der Waals surface area contributed by atoms with Crippen molar-refractivity contribution in [2.75, 3.05) is 12.0 Å². The van der Waals surface area contributed by atoms with E-state index < -0.39 is 18.0 Å². The number of carbonyl (C=O) groups excluding carboxylic acids is 1. The fourth-order valence-electron chi connectivity index (χ4n) is 2.47. The molecule has 0 bridgehead atoms. The van der Waals surface area contributed by atoms with Gasteiger partial charge in [-0.05, 0) is 29.6 Å². The molecule has 132 valence electrons. The van der Waals surface area contributed by atoms with Crippen LogP contribution in [0.5, 0.6) is 0 Å². The molecule has 0 spiro atoms. The predicted molar refractivity (Wildman–Crippen MR) is 101 cm³/mol. The molecule has 0 radical (unpaired) electrons. The van der Waals surface area contributed by atoms with Gasteiger partial charge in [-0.15, -0.1) is 0 Å². The molecule has 1 atom stereocenters. The summed E-state index contributed by atoms with van der Waals surface area (Å²) in [5.41, 5.74) is 1.86. The van der Waals surface area contributed by atoms with E-state index in [9.17, 15) is 14.7 Å². The van der Waals surface area contributed by atoms with E-state index in [0.717, 1.165) is 11.1 Å². The predicted octanol–water partition coefficient (Wildman–Crippen LogP) is 3.28. The zero-order valence-electron chi connectivity index (χ0n) is 14.0. The number of aliphatic carboxylic acids is 1. The van der Waals surface area contributed by atoms with Crippen LogP contribution in [-0.2, 0) is 4.79 Å². The van der Waals surface area contributed by atoms with Crippen LogP contribution in [0.3, 0.4) is 0 Å². The minimum Gasteiger partial charge on any atom is -0.480 e. The lowest BCUT2D eigenvalue weighted by Gasteiger charge is -2.22. The lowest BCUT2D eigenvalue weighted by molar-refractivity contribution is -0.139. The molecule has 2 aromatic rings. The van der Waals surface area contributed by atoms with Crippen LogP contribution in [0.1, 0.15) is 23.6 Å². The fourth-order valence-corrected chi connectivity index (χ4v) is 2.95. The minimum absolute atomic E-state index is 0.350. The van der Waals surface area contributed by atoms with Gasteiger partial charge in [-0.3, -0.25) is 0 Å². The first-order valence-electron chi connectivity index (χ1n) is 8.00. The van der Waals surface area contributed by atoms with Crippen LogP contribution in [0.25, 0.3) is 0 Å². The van der Waals surface area contributed by atoms with Gasteiger partial charge in [0.25, 0.3) is 0 Å². The van der Waals surface area contributed by atoms with Crippen molar-refractivity contribution < 1.29 is 14.7 Å². The molecule has 3 N–H and O–H groups in total. The first-order chi connectivity index (χ1) is 12.1. The molecule has 0 fully saturated rings. The van der Waals surface area contributed by atoms with Crippen molar-refractivity contribution in [1.29, 1.82) is 0 Å². The molecule has 2 amide bonds. The molecule has 1 unspecified atom stereocenters. The highest BCUT2D eigenvalue weighted by Crippen LogP contribution is 2.21. The van der Waals surface area contributed by atoms with E-state index in [-0.39, 0.29) is 6.04 Å². The van der Waals surface area contributed by atoms with Crippen LogP contribution < -0.4 is 10.6 Å². The number of rotatable bonds is 8. The molecule has 2 aromatic carbocycles. The molecular formula is C19H22N2O3S. The Labute approximate surface area is 151 Å². The fraction of sp³-hybridized carbons (Fsp3) is 0.263. The van der Waals surface area contributed by atoms with Crippen molar-refractivity contribution in [3.05, 3.63) is 71.8 Å². The van der Waals surface area contributed by atoms with E-state index in [1.54, 1.807) is 11.8 Å². The third-order valence-corrected chi connectivity index (χ3v) is 4.40. The third-order valence-electron chi connectivity index (χ3n) is 3.76. The summed E-state index contributed by atoms with van der Waals surface area (Å²) in [4.78, 5) is 23.7. The van der Waals surface area contributed by atoms with Crippen LogP contribution in [0, 0.1) is 0 Å². The average molecular weight is 358 g/mol. The van der Waals surface area contributed by atoms with Crippen LogP contribution in [0.15, 0.2) is 60.7 Å². The van der Waals surface area contributed by atoms with Gasteiger partial charge in [0.05, 0.1) is 6.04 Å². The number of carboxylic acid groups (broad SMARTS) is 1. The van der Waals surface area contributed by atoms with Crippen LogP contribution in [0.2, 0.25) is 0 Å². The summed E-state index contributed by atoms with van der Waals surface area (Å²) < 4.78 is 0. The molecular weight excluding hydrogens is 336 g/mol. The number of nitrogens with one attached hydrogen (secondary N) is 2. The molecule has 5 nitrogen and oxygen atoms in total. The summed E-state index contributed by atoms with van der Waals surface area (Å²) in [6.45, 7) is 0. The number of amides is 2. The van der Waals surface area contributed by atoms with E-state index in [1.807, 2.05) is 66.9 Å². The number of thioether (sulfide) groups is 1. The van der Waals surface area contributed by atoms with Crippen molar-refractivity contribution in [3.63, 3.8) is 0 Å². The molecule has 0 saturated carbocycles. The Morgan fingerprint density at radius 2 is 1.48 bits per heavy atom. The summed E-state index contributed by atoms with van der Waals surface area (Å²) in [7, 11) is 0. The van der Waals surface area contributed by atoms with Gasteiger partial charge in [0.1, 0.15) is 6.04 Å². The molecule has 0 aliphatic heterocycles. The maximum atomic E-state index is 12.4. The van der Waals surface area contributed by atoms with Crippen LogP contribution in [-0.4, -0.2) is 35.2 Å². The zero-order valence-corrected chi connectivity index (χ0v) is 14.8. The summed E-state index contributed by atoms with van der Waals surface area (Å²) in [6, 6.07) is 17.4. The van der Waals surface area contributed by atoms with Gasteiger partial charge in [-0.25, -0.2) is 9.59 Å². The lowest BCUT2D eigenvalue weighted by Crippen LogP contribution is -2.47. The summed E-state index contributed by atoms with van der Waals surface area (Å²) in [5, 5.41) is 14.7. The Bertz CT molecular complexity index is 640. The number of carbonyl (C=O) groups is 2. The first-order valence-corrected chi connectivity index (χ1v) is 9.40. The van der Waals surface area contributed by atoms with Gasteiger partial charge in [0.15, 0.2) is 0 Å². The molecule has 0 aliphatic carbocycles. The number of hydrogen-bond acceptors (Lipinski definition) is 3. The number of urea groups is 1. The topological polar surface area (TPSA) is 78.4 Å². The van der Waals surface area contributed by atoms with Gasteiger partial charge in [0, 0.05) is 0 Å². The molecule has 0 aliphatic rings. The SMILES string of the molecule is CSCCC(NC(=O)NC(c1ccccc1)c1ccccc1)C(=O)O. The maximum absolute atomic E-state index is 12.4. The second kappa shape index (κ2) is 9.74. The van der Waals surface area contributed by atoms with Gasteiger partial charge < -0.3 is 15.7 Å². The Kier molecular flexibility index (Phi) is 7.35. The highest BCUT2D eigenvalue weighted by Gasteiger charge is 2.22. The quantitative estimate of drug-likeness (QED) is 0.677. The van der Waals surface area contributed by atoms with Crippen LogP contribution >= 0.6 is 11.8 Å². The number of carboxylic acids is 1. The maximum Gasteiger partial charge on any atom is 0.326 e. The van der Waals surface area contributed by atoms with E-state index in [2.05, 4.69) is 10.6 Å². The molecule has 0 heterocycles. The van der Waals surface area contributed by atoms with Gasteiger partial charge in [-0.1, -0.05) is 60.7 Å². The zero-order chi connectivity index (χ0) is 18.1. The minimum atomic E-state index is -1.03. The van der Waals surface area contributed by atoms with E-state index >= 15 is 0 Å². The Morgan fingerprint density at radius 3 is 1.92 bits per heavy atom. The van der Waals surface area contributed by atoms with Gasteiger partial charge in [-0.2, -0.15) is 11.8 Å². The number of hydrogen-bond donors (Lipinski definition) is 3. The standard InChI is InChI=1S/C19H22N2O3S/c1-25-13-12-16(18(22)23)20-19(24)21-17(14-8-4-2-5-9-14)15-10-6-3-7-11-15/h2-11,16-17H,12-13H2,1H3,(H,22,23)(H2,20,21,24). The molecule has 0 aromatic heterocycles. The molecule has 25 heavy (non-hydrogen) atoms.